The van der Waals surface area contributed by atoms with Gasteiger partial charge in [-0.3, -0.25) is 4.79 Å². The molecule has 8 nitrogen and oxygen atoms in total. The van der Waals surface area contributed by atoms with Crippen LogP contribution in [0.2, 0.25) is 0 Å². The summed E-state index contributed by atoms with van der Waals surface area (Å²) in [6, 6.07) is 19.1. The van der Waals surface area contributed by atoms with Crippen LogP contribution in [0.15, 0.2) is 79.3 Å². The maximum Gasteiger partial charge on any atom is 0.338 e. The summed E-state index contributed by atoms with van der Waals surface area (Å²) in [4.78, 5) is 27.5. The second-order valence-electron chi connectivity index (χ2n) is 6.78. The van der Waals surface area contributed by atoms with E-state index in [1.54, 1.807) is 0 Å². The molecule has 0 spiro atoms. The summed E-state index contributed by atoms with van der Waals surface area (Å²) < 4.78 is 1.21. The molecule has 0 radical (unpaired) electrons. The van der Waals surface area contributed by atoms with Crippen molar-refractivity contribution in [3.63, 3.8) is 0 Å². The zero-order valence-electron chi connectivity index (χ0n) is 16.3. The summed E-state index contributed by atoms with van der Waals surface area (Å²) in [6.45, 7) is 0.288. The van der Waals surface area contributed by atoms with Gasteiger partial charge in [-0.05, 0) is 16.7 Å². The maximum atomic E-state index is 12.5. The average Bonchev–Trinajstić information content (AvgIpc) is 3.29. The molecular formula is C23H18N4O4. The summed E-state index contributed by atoms with van der Waals surface area (Å²) >= 11 is 0. The Morgan fingerprint density at radius 2 is 1.68 bits per heavy atom. The number of aromatic nitrogens is 3. The molecule has 0 aliphatic carbocycles. The lowest BCUT2D eigenvalue weighted by molar-refractivity contribution is 0.0696. The van der Waals surface area contributed by atoms with E-state index in [2.05, 4.69) is 15.4 Å². The Labute approximate surface area is 177 Å². The van der Waals surface area contributed by atoms with Gasteiger partial charge in [-0.1, -0.05) is 54.6 Å². The van der Waals surface area contributed by atoms with Crippen molar-refractivity contribution in [3.05, 3.63) is 95.9 Å². The first-order valence-corrected chi connectivity index (χ1v) is 9.41. The largest absolute Gasteiger partial charge is 0.507 e. The molecule has 2 heterocycles. The van der Waals surface area contributed by atoms with Crippen LogP contribution in [0.25, 0.3) is 16.9 Å². The minimum absolute atomic E-state index is 0.00951. The van der Waals surface area contributed by atoms with Gasteiger partial charge in [0.05, 0.1) is 17.3 Å². The van der Waals surface area contributed by atoms with Gasteiger partial charge in [0.1, 0.15) is 5.75 Å². The van der Waals surface area contributed by atoms with Crippen LogP contribution in [-0.4, -0.2) is 36.9 Å². The lowest BCUT2D eigenvalue weighted by atomic mass is 10.0. The summed E-state index contributed by atoms with van der Waals surface area (Å²) in [5.41, 5.74) is 3.10. The number of carboxylic acids is 1. The number of hydrogen-bond donors (Lipinski definition) is 3. The molecule has 0 bridgehead atoms. The fourth-order valence-corrected chi connectivity index (χ4v) is 3.02. The summed E-state index contributed by atoms with van der Waals surface area (Å²) in [5.74, 6) is -1.69. The standard InChI is InChI=1S/C23H18N4O4/c28-20-10-21(27-14-18(12-26-27)23(30)31)24-13-19(20)22(29)25-11-15-6-8-17(9-7-15)16-4-2-1-3-5-16/h1-10,12-14H,11H2,(H,24,28)(H,25,29)(H,30,31). The topological polar surface area (TPSA) is 117 Å². The number of aromatic hydroxyl groups is 1. The normalized spacial score (nSPS) is 10.6. The number of nitrogens with zero attached hydrogens (tertiary/aromatic N) is 3. The Hall–Kier alpha value is -4.46. The molecule has 2 aromatic heterocycles. The Morgan fingerprint density at radius 1 is 0.968 bits per heavy atom. The minimum atomic E-state index is -1.12. The third-order valence-electron chi connectivity index (χ3n) is 4.69. The van der Waals surface area contributed by atoms with Crippen molar-refractivity contribution in [1.82, 2.24) is 20.1 Å². The highest BCUT2D eigenvalue weighted by atomic mass is 16.4. The van der Waals surface area contributed by atoms with Crippen molar-refractivity contribution >= 4 is 11.9 Å². The van der Waals surface area contributed by atoms with Crippen LogP contribution < -0.4 is 5.32 Å². The van der Waals surface area contributed by atoms with Gasteiger partial charge in [-0.2, -0.15) is 5.10 Å². The maximum absolute atomic E-state index is 12.5. The molecule has 0 aliphatic heterocycles. The van der Waals surface area contributed by atoms with E-state index in [1.807, 2.05) is 54.6 Å². The van der Waals surface area contributed by atoms with E-state index in [1.165, 1.54) is 29.3 Å². The van der Waals surface area contributed by atoms with Crippen molar-refractivity contribution < 1.29 is 19.8 Å². The number of aromatic carboxylic acids is 1. The average molecular weight is 414 g/mol. The van der Waals surface area contributed by atoms with Gasteiger partial charge in [-0.15, -0.1) is 0 Å². The zero-order valence-corrected chi connectivity index (χ0v) is 16.3. The number of carboxylic acid groups (broad SMARTS) is 1. The second kappa shape index (κ2) is 8.50. The molecule has 0 atom stereocenters. The Balaban J connectivity index is 1.42. The molecule has 0 unspecified atom stereocenters. The summed E-state index contributed by atoms with van der Waals surface area (Å²) in [5, 5.41) is 25.9. The highest BCUT2D eigenvalue weighted by Gasteiger charge is 2.15. The molecule has 31 heavy (non-hydrogen) atoms. The quantitative estimate of drug-likeness (QED) is 0.446. The van der Waals surface area contributed by atoms with Gasteiger partial charge >= 0.3 is 5.97 Å². The molecule has 0 fully saturated rings. The number of hydrogen-bond acceptors (Lipinski definition) is 5. The number of carbonyl (C=O) groups is 2. The van der Waals surface area contributed by atoms with E-state index >= 15 is 0 Å². The second-order valence-corrected chi connectivity index (χ2v) is 6.78. The van der Waals surface area contributed by atoms with E-state index in [0.29, 0.717) is 0 Å². The van der Waals surface area contributed by atoms with Crippen molar-refractivity contribution in [3.8, 4) is 22.7 Å². The molecule has 3 N–H and O–H groups in total. The van der Waals surface area contributed by atoms with Crippen molar-refractivity contribution in [2.45, 2.75) is 6.54 Å². The number of carbonyl (C=O) groups excluding carboxylic acids is 1. The monoisotopic (exact) mass is 414 g/mol. The zero-order chi connectivity index (χ0) is 21.8. The third-order valence-corrected chi connectivity index (χ3v) is 4.69. The fraction of sp³-hybridized carbons (Fsp3) is 0.0435. The van der Waals surface area contributed by atoms with Crippen LogP contribution in [0.5, 0.6) is 5.75 Å². The summed E-state index contributed by atoms with van der Waals surface area (Å²) in [6.07, 6.45) is 3.66. The Kier molecular flexibility index (Phi) is 5.44. The van der Waals surface area contributed by atoms with E-state index < -0.39 is 11.9 Å². The number of rotatable bonds is 6. The van der Waals surface area contributed by atoms with Crippen molar-refractivity contribution in [2.75, 3.05) is 0 Å². The highest BCUT2D eigenvalue weighted by Crippen LogP contribution is 2.21. The van der Waals surface area contributed by atoms with E-state index in [-0.39, 0.29) is 29.2 Å². The molecule has 0 saturated heterocycles. The predicted molar refractivity (Wildman–Crippen MR) is 113 cm³/mol. The van der Waals surface area contributed by atoms with Crippen LogP contribution in [0, 0.1) is 0 Å². The predicted octanol–water partition coefficient (Wildman–Crippen LogP) is 3.27. The summed E-state index contributed by atoms with van der Waals surface area (Å²) in [7, 11) is 0. The van der Waals surface area contributed by atoms with Crippen molar-refractivity contribution in [1.29, 1.82) is 0 Å². The third kappa shape index (κ3) is 4.43. The van der Waals surface area contributed by atoms with Gasteiger partial charge in [0.15, 0.2) is 5.82 Å². The van der Waals surface area contributed by atoms with Crippen LogP contribution in [-0.2, 0) is 6.54 Å². The SMILES string of the molecule is O=C(O)c1cnn(-c2cc(O)c(C(=O)NCc3ccc(-c4ccccc4)cc3)cn2)c1. The minimum Gasteiger partial charge on any atom is -0.507 e. The first kappa shape index (κ1) is 19.8. The van der Waals surface area contributed by atoms with Crippen LogP contribution >= 0.6 is 0 Å². The van der Waals surface area contributed by atoms with Crippen LogP contribution in [0.3, 0.4) is 0 Å². The van der Waals surface area contributed by atoms with Gasteiger partial charge in [0.2, 0.25) is 0 Å². The van der Waals surface area contributed by atoms with Crippen LogP contribution in [0.1, 0.15) is 26.3 Å². The highest BCUT2D eigenvalue weighted by molar-refractivity contribution is 5.96. The van der Waals surface area contributed by atoms with Gasteiger partial charge < -0.3 is 15.5 Å². The lowest BCUT2D eigenvalue weighted by Gasteiger charge is -2.09. The number of benzene rings is 2. The molecule has 4 rings (SSSR count). The molecule has 0 saturated carbocycles. The smallest absolute Gasteiger partial charge is 0.338 e. The van der Waals surface area contributed by atoms with E-state index in [4.69, 9.17) is 5.11 Å². The van der Waals surface area contributed by atoms with Crippen molar-refractivity contribution in [2.24, 2.45) is 0 Å². The Morgan fingerprint density at radius 3 is 2.32 bits per heavy atom. The first-order valence-electron chi connectivity index (χ1n) is 9.41. The number of nitrogens with one attached hydrogen (secondary N) is 1. The number of amides is 1. The van der Waals surface area contributed by atoms with Gasteiger partial charge in [0.25, 0.3) is 5.91 Å². The van der Waals surface area contributed by atoms with Gasteiger partial charge in [-0.25, -0.2) is 14.5 Å². The van der Waals surface area contributed by atoms with E-state index in [0.717, 1.165) is 16.7 Å². The molecule has 8 heteroatoms. The molecular weight excluding hydrogens is 396 g/mol. The number of pyridine rings is 1. The lowest BCUT2D eigenvalue weighted by Crippen LogP contribution is -2.23. The molecule has 4 aromatic rings. The molecule has 0 aliphatic rings. The van der Waals surface area contributed by atoms with Crippen LogP contribution in [0.4, 0.5) is 0 Å². The Bertz CT molecular complexity index is 1230. The van der Waals surface area contributed by atoms with E-state index in [9.17, 15) is 14.7 Å². The first-order chi connectivity index (χ1) is 15.0. The fourth-order valence-electron chi connectivity index (χ4n) is 3.02. The molecule has 2 aromatic carbocycles. The molecule has 154 valence electrons. The molecule has 1 amide bonds. The van der Waals surface area contributed by atoms with Gasteiger partial charge in [0, 0.05) is 25.0 Å².